The van der Waals surface area contributed by atoms with Crippen LogP contribution in [-0.4, -0.2) is 23.9 Å². The molecule has 1 saturated heterocycles. The molecule has 3 heteroatoms. The van der Waals surface area contributed by atoms with Crippen LogP contribution in [0.4, 0.5) is 0 Å². The van der Waals surface area contributed by atoms with Crippen molar-refractivity contribution in [3.05, 3.63) is 33.4 Å². The zero-order chi connectivity index (χ0) is 11.5. The summed E-state index contributed by atoms with van der Waals surface area (Å²) in [6.45, 7) is 3.88. The lowest BCUT2D eigenvalue weighted by atomic mass is 10.00. The molecule has 1 aliphatic rings. The van der Waals surface area contributed by atoms with Gasteiger partial charge in [0.2, 0.25) is 5.91 Å². The van der Waals surface area contributed by atoms with Crippen molar-refractivity contribution in [2.75, 3.05) is 13.1 Å². The van der Waals surface area contributed by atoms with Gasteiger partial charge < -0.3 is 4.90 Å². The van der Waals surface area contributed by atoms with Crippen LogP contribution in [0.25, 0.3) is 0 Å². The van der Waals surface area contributed by atoms with E-state index < -0.39 is 0 Å². The third-order valence-corrected chi connectivity index (χ3v) is 3.88. The summed E-state index contributed by atoms with van der Waals surface area (Å²) < 4.78 is 1.21. The number of nitrogens with zero attached hydrogens (tertiary/aromatic N) is 1. The standard InChI is InChI=1S/C13H16INO/c1-10(11-4-6-12(14)7-5-11)13(16)15-8-2-3-9-15/h4-7,10H,2-3,8-9H2,1H3/t10-/m0/s1. The molecular weight excluding hydrogens is 313 g/mol. The number of hydrogen-bond donors (Lipinski definition) is 0. The first kappa shape index (κ1) is 11.9. The van der Waals surface area contributed by atoms with Crippen molar-refractivity contribution in [3.8, 4) is 0 Å². The Kier molecular flexibility index (Phi) is 3.84. The first-order valence-corrected chi connectivity index (χ1v) is 6.80. The smallest absolute Gasteiger partial charge is 0.229 e. The van der Waals surface area contributed by atoms with Crippen LogP contribution in [-0.2, 0) is 4.79 Å². The first-order chi connectivity index (χ1) is 7.68. The van der Waals surface area contributed by atoms with Crippen molar-refractivity contribution in [2.24, 2.45) is 0 Å². The Morgan fingerprint density at radius 2 is 1.81 bits per heavy atom. The monoisotopic (exact) mass is 329 g/mol. The molecule has 0 radical (unpaired) electrons. The van der Waals surface area contributed by atoms with E-state index in [2.05, 4.69) is 46.9 Å². The van der Waals surface area contributed by atoms with Gasteiger partial charge in [0.1, 0.15) is 0 Å². The molecular formula is C13H16INO. The zero-order valence-corrected chi connectivity index (χ0v) is 11.6. The molecule has 1 fully saturated rings. The minimum absolute atomic E-state index is 0.00454. The van der Waals surface area contributed by atoms with Crippen molar-refractivity contribution in [2.45, 2.75) is 25.7 Å². The second-order valence-corrected chi connectivity index (χ2v) is 5.55. The summed E-state index contributed by atoms with van der Waals surface area (Å²) in [5.74, 6) is 0.272. The predicted octanol–water partition coefficient (Wildman–Crippen LogP) is 3.02. The number of halogens is 1. The highest BCUT2D eigenvalue weighted by atomic mass is 127. The van der Waals surface area contributed by atoms with E-state index in [1.807, 2.05) is 11.8 Å². The van der Waals surface area contributed by atoms with Gasteiger partial charge in [-0.2, -0.15) is 0 Å². The molecule has 0 spiro atoms. The Labute approximate surface area is 110 Å². The molecule has 1 atom stereocenters. The summed E-state index contributed by atoms with van der Waals surface area (Å²) in [6, 6.07) is 8.23. The molecule has 86 valence electrons. The number of carbonyl (C=O) groups excluding carboxylic acids is 1. The van der Waals surface area contributed by atoms with Gasteiger partial charge in [0.25, 0.3) is 0 Å². The van der Waals surface area contributed by atoms with Gasteiger partial charge in [0.05, 0.1) is 5.92 Å². The fourth-order valence-corrected chi connectivity index (χ4v) is 2.46. The number of amides is 1. The lowest BCUT2D eigenvalue weighted by molar-refractivity contribution is -0.131. The van der Waals surface area contributed by atoms with Crippen molar-refractivity contribution in [1.82, 2.24) is 4.90 Å². The van der Waals surface area contributed by atoms with E-state index >= 15 is 0 Å². The second kappa shape index (κ2) is 5.17. The molecule has 0 unspecified atom stereocenters. The average Bonchev–Trinajstić information content (AvgIpc) is 2.81. The Morgan fingerprint density at radius 3 is 2.38 bits per heavy atom. The molecule has 1 aromatic carbocycles. The second-order valence-electron chi connectivity index (χ2n) is 4.31. The Morgan fingerprint density at radius 1 is 1.25 bits per heavy atom. The molecule has 0 bridgehead atoms. The summed E-state index contributed by atoms with van der Waals surface area (Å²) in [6.07, 6.45) is 2.32. The molecule has 0 N–H and O–H groups in total. The lowest BCUT2D eigenvalue weighted by Crippen LogP contribution is -2.31. The highest BCUT2D eigenvalue weighted by Crippen LogP contribution is 2.21. The van der Waals surface area contributed by atoms with Crippen LogP contribution in [0.15, 0.2) is 24.3 Å². The fourth-order valence-electron chi connectivity index (χ4n) is 2.11. The lowest BCUT2D eigenvalue weighted by Gasteiger charge is -2.20. The van der Waals surface area contributed by atoms with Gasteiger partial charge >= 0.3 is 0 Å². The SMILES string of the molecule is C[C@H](C(=O)N1CCCC1)c1ccc(I)cc1. The minimum atomic E-state index is -0.00454. The van der Waals surface area contributed by atoms with Crippen molar-refractivity contribution in [1.29, 1.82) is 0 Å². The van der Waals surface area contributed by atoms with Gasteiger partial charge in [-0.3, -0.25) is 4.79 Å². The molecule has 0 aliphatic carbocycles. The van der Waals surface area contributed by atoms with Gasteiger partial charge in [-0.25, -0.2) is 0 Å². The molecule has 2 rings (SSSR count). The fraction of sp³-hybridized carbons (Fsp3) is 0.462. The van der Waals surface area contributed by atoms with Crippen LogP contribution < -0.4 is 0 Å². The van der Waals surface area contributed by atoms with Crippen LogP contribution in [0.2, 0.25) is 0 Å². The van der Waals surface area contributed by atoms with Gasteiger partial charge in [-0.05, 0) is 60.1 Å². The highest BCUT2D eigenvalue weighted by Gasteiger charge is 2.23. The van der Waals surface area contributed by atoms with Crippen LogP contribution in [0, 0.1) is 3.57 Å². The number of rotatable bonds is 2. The Bertz CT molecular complexity index is 368. The Hall–Kier alpha value is -0.580. The quantitative estimate of drug-likeness (QED) is 0.764. The first-order valence-electron chi connectivity index (χ1n) is 5.73. The summed E-state index contributed by atoms with van der Waals surface area (Å²) >= 11 is 2.28. The highest BCUT2D eigenvalue weighted by molar-refractivity contribution is 14.1. The van der Waals surface area contributed by atoms with E-state index in [-0.39, 0.29) is 11.8 Å². The topological polar surface area (TPSA) is 20.3 Å². The molecule has 1 aliphatic heterocycles. The Balaban J connectivity index is 2.08. The number of hydrogen-bond acceptors (Lipinski definition) is 1. The molecule has 0 aromatic heterocycles. The summed E-state index contributed by atoms with van der Waals surface area (Å²) in [7, 11) is 0. The average molecular weight is 329 g/mol. The number of carbonyl (C=O) groups is 1. The summed E-state index contributed by atoms with van der Waals surface area (Å²) in [4.78, 5) is 14.1. The van der Waals surface area contributed by atoms with E-state index in [0.29, 0.717) is 0 Å². The zero-order valence-electron chi connectivity index (χ0n) is 9.45. The van der Waals surface area contributed by atoms with Crippen molar-refractivity contribution in [3.63, 3.8) is 0 Å². The van der Waals surface area contributed by atoms with Gasteiger partial charge in [-0.1, -0.05) is 12.1 Å². The maximum absolute atomic E-state index is 12.2. The maximum Gasteiger partial charge on any atom is 0.229 e. The van der Waals surface area contributed by atoms with E-state index in [4.69, 9.17) is 0 Å². The molecule has 1 heterocycles. The summed E-state index contributed by atoms with van der Waals surface area (Å²) in [5.41, 5.74) is 1.12. The number of likely N-dealkylation sites (tertiary alicyclic amines) is 1. The normalized spacial score (nSPS) is 17.5. The third kappa shape index (κ3) is 2.56. The van der Waals surface area contributed by atoms with Gasteiger partial charge in [-0.15, -0.1) is 0 Å². The van der Waals surface area contributed by atoms with Crippen LogP contribution in [0.5, 0.6) is 0 Å². The van der Waals surface area contributed by atoms with Crippen LogP contribution in [0.3, 0.4) is 0 Å². The predicted molar refractivity (Wildman–Crippen MR) is 73.4 cm³/mol. The number of benzene rings is 1. The van der Waals surface area contributed by atoms with Gasteiger partial charge in [0, 0.05) is 16.7 Å². The molecule has 1 aromatic rings. The van der Waals surface area contributed by atoms with Crippen LogP contribution >= 0.6 is 22.6 Å². The van der Waals surface area contributed by atoms with E-state index in [9.17, 15) is 4.79 Å². The molecule has 1 amide bonds. The molecule has 16 heavy (non-hydrogen) atoms. The third-order valence-electron chi connectivity index (χ3n) is 3.16. The van der Waals surface area contributed by atoms with Crippen LogP contribution in [0.1, 0.15) is 31.2 Å². The van der Waals surface area contributed by atoms with Crippen molar-refractivity contribution < 1.29 is 4.79 Å². The van der Waals surface area contributed by atoms with Gasteiger partial charge in [0.15, 0.2) is 0 Å². The van der Waals surface area contributed by atoms with Crippen molar-refractivity contribution >= 4 is 28.5 Å². The van der Waals surface area contributed by atoms with E-state index in [1.54, 1.807) is 0 Å². The summed E-state index contributed by atoms with van der Waals surface area (Å²) in [5, 5.41) is 0. The largest absolute Gasteiger partial charge is 0.342 e. The minimum Gasteiger partial charge on any atom is -0.342 e. The van der Waals surface area contributed by atoms with E-state index in [0.717, 1.165) is 31.5 Å². The maximum atomic E-state index is 12.2. The molecule has 2 nitrogen and oxygen atoms in total. The molecule has 0 saturated carbocycles. The van der Waals surface area contributed by atoms with E-state index in [1.165, 1.54) is 3.57 Å².